The summed E-state index contributed by atoms with van der Waals surface area (Å²) in [4.78, 5) is 47.9. The Kier molecular flexibility index (Phi) is 9.69. The first-order chi connectivity index (χ1) is 23.3. The molecule has 2 aromatic rings. The molecule has 1 saturated heterocycles. The first-order valence-electron chi connectivity index (χ1n) is 17.4. The van der Waals surface area contributed by atoms with Crippen LogP contribution < -0.4 is 19.5 Å². The van der Waals surface area contributed by atoms with E-state index >= 15 is 0 Å². The summed E-state index contributed by atoms with van der Waals surface area (Å²) in [5, 5.41) is 4.48. The molecular weight excluding hydrogens is 651 g/mol. The number of nitrogens with zero attached hydrogens (tertiary/aromatic N) is 2. The van der Waals surface area contributed by atoms with Gasteiger partial charge in [0.05, 0.1) is 12.6 Å². The van der Waals surface area contributed by atoms with Gasteiger partial charge in [-0.25, -0.2) is 12.8 Å². The van der Waals surface area contributed by atoms with Crippen LogP contribution in [0.4, 0.5) is 4.39 Å². The van der Waals surface area contributed by atoms with Crippen LogP contribution in [0.15, 0.2) is 42.5 Å². The molecule has 1 aromatic heterocycles. The maximum absolute atomic E-state index is 14.2. The lowest BCUT2D eigenvalue weighted by Gasteiger charge is -2.28. The summed E-state index contributed by atoms with van der Waals surface area (Å²) in [6, 6.07) is 8.46. The number of fused-ring (bicyclic) bond motifs is 3. The number of benzene rings is 1. The van der Waals surface area contributed by atoms with Crippen molar-refractivity contribution < 1.29 is 36.7 Å². The number of alkyl halides is 1. The van der Waals surface area contributed by atoms with E-state index in [2.05, 4.69) is 21.9 Å². The van der Waals surface area contributed by atoms with Gasteiger partial charge in [-0.3, -0.25) is 19.1 Å². The lowest BCUT2D eigenvalue weighted by molar-refractivity contribution is -0.140. The number of allylic oxidation sites excluding steroid dienone is 1. The molecule has 11 nitrogen and oxygen atoms in total. The Morgan fingerprint density at radius 3 is 2.63 bits per heavy atom. The minimum absolute atomic E-state index is 0.0803. The molecule has 4 aliphatic rings. The van der Waals surface area contributed by atoms with Gasteiger partial charge in [0.1, 0.15) is 29.1 Å². The Balaban J connectivity index is 1.29. The lowest BCUT2D eigenvalue weighted by atomic mass is 9.91. The second-order valence-corrected chi connectivity index (χ2v) is 16.9. The number of carbonyl (C=O) groups is 3. The molecule has 2 saturated carbocycles. The van der Waals surface area contributed by atoms with Gasteiger partial charge in [0, 0.05) is 30.2 Å². The molecule has 13 heteroatoms. The summed E-state index contributed by atoms with van der Waals surface area (Å²) in [6.07, 6.45) is 6.39. The molecule has 0 radical (unpaired) electrons. The average Bonchev–Trinajstić information content (AvgIpc) is 3.93. The van der Waals surface area contributed by atoms with Crippen LogP contribution in [0, 0.1) is 17.8 Å². The SMILES string of the molecule is CC(C)Oc1cc2ccccc2c(O[C@@H]2C[C@H]3C(=O)N[C@]4(C(=O)NS(=O)(=O)C5(CF)CC5)CC4/C=C\CC[C@@H](C)C[C@@H](C)CC(=O)N3C2)n1. The Bertz CT molecular complexity index is 1750. The third-order valence-corrected chi connectivity index (χ3v) is 12.5. The number of hydrogen-bond acceptors (Lipinski definition) is 8. The van der Waals surface area contributed by atoms with E-state index in [9.17, 15) is 27.2 Å². The van der Waals surface area contributed by atoms with Gasteiger partial charge < -0.3 is 19.7 Å². The highest BCUT2D eigenvalue weighted by molar-refractivity contribution is 7.91. The van der Waals surface area contributed by atoms with Gasteiger partial charge in [0.2, 0.25) is 33.6 Å². The molecule has 3 amide bonds. The van der Waals surface area contributed by atoms with Crippen LogP contribution in [0.25, 0.3) is 10.8 Å². The Labute approximate surface area is 287 Å². The van der Waals surface area contributed by atoms with Crippen LogP contribution in [-0.4, -0.2) is 77.8 Å². The van der Waals surface area contributed by atoms with E-state index in [-0.39, 0.29) is 56.6 Å². The fourth-order valence-electron chi connectivity index (χ4n) is 7.26. The van der Waals surface area contributed by atoms with Gasteiger partial charge in [-0.1, -0.05) is 44.2 Å². The number of nitrogens with one attached hydrogen (secondary N) is 2. The van der Waals surface area contributed by atoms with Crippen molar-refractivity contribution in [3.8, 4) is 11.8 Å². The van der Waals surface area contributed by atoms with E-state index in [1.54, 1.807) is 0 Å². The molecule has 3 fully saturated rings. The summed E-state index contributed by atoms with van der Waals surface area (Å²) >= 11 is 0. The quantitative estimate of drug-likeness (QED) is 0.381. The van der Waals surface area contributed by atoms with Crippen molar-refractivity contribution in [1.29, 1.82) is 0 Å². The van der Waals surface area contributed by atoms with Gasteiger partial charge >= 0.3 is 0 Å². The summed E-state index contributed by atoms with van der Waals surface area (Å²) in [6.45, 7) is 7.02. The largest absolute Gasteiger partial charge is 0.475 e. The molecule has 266 valence electrons. The number of hydrogen-bond donors (Lipinski definition) is 2. The molecule has 2 aliphatic carbocycles. The summed E-state index contributed by atoms with van der Waals surface area (Å²) in [5.41, 5.74) is -1.54. The van der Waals surface area contributed by atoms with E-state index in [1.165, 1.54) is 4.90 Å². The summed E-state index contributed by atoms with van der Waals surface area (Å²) in [7, 11) is -4.31. The average molecular weight is 699 g/mol. The molecular formula is C36H47FN4O7S. The van der Waals surface area contributed by atoms with Gasteiger partial charge in [0.25, 0.3) is 5.91 Å². The minimum atomic E-state index is -4.31. The maximum Gasteiger partial charge on any atom is 0.259 e. The smallest absolute Gasteiger partial charge is 0.259 e. The Morgan fingerprint density at radius 2 is 1.92 bits per heavy atom. The predicted octanol–water partition coefficient (Wildman–Crippen LogP) is 4.60. The monoisotopic (exact) mass is 698 g/mol. The summed E-state index contributed by atoms with van der Waals surface area (Å²) < 4.78 is 52.6. The zero-order valence-corrected chi connectivity index (χ0v) is 29.4. The third-order valence-electron chi connectivity index (χ3n) is 10.3. The number of aromatic nitrogens is 1. The number of rotatable bonds is 8. The van der Waals surface area contributed by atoms with Crippen LogP contribution in [0.2, 0.25) is 0 Å². The van der Waals surface area contributed by atoms with Gasteiger partial charge in [-0.05, 0) is 75.7 Å². The predicted molar refractivity (Wildman–Crippen MR) is 182 cm³/mol. The first kappa shape index (κ1) is 35.1. The van der Waals surface area contributed by atoms with Gasteiger partial charge in [0.15, 0.2) is 0 Å². The number of sulfonamides is 1. The van der Waals surface area contributed by atoms with Crippen molar-refractivity contribution in [3.63, 3.8) is 0 Å². The molecule has 2 aliphatic heterocycles. The number of pyridine rings is 1. The molecule has 6 atom stereocenters. The standard InChI is InChI=1S/C36H47FN4O7S/c1-22(2)47-30-17-25-10-6-8-12-28(25)33(38-30)48-27-18-29-32(43)39-36(34(44)40-49(45,46)35(21-37)13-14-35)19-26(36)11-7-5-9-23(3)15-24(4)16-31(42)41(29)20-27/h6-8,10-12,17,22-24,26-27,29H,5,9,13-16,18-21H2,1-4H3,(H,39,43)(H,40,44)/b11-7-/t23-,24-,26?,27-,29+,36-/m1/s1. The van der Waals surface area contributed by atoms with Crippen LogP contribution in [0.3, 0.4) is 0 Å². The number of carbonyl (C=O) groups excluding carboxylic acids is 3. The topological polar surface area (TPSA) is 144 Å². The second-order valence-electron chi connectivity index (χ2n) is 14.9. The van der Waals surface area contributed by atoms with E-state index in [0.29, 0.717) is 17.7 Å². The number of ether oxygens (including phenoxy) is 2. The van der Waals surface area contributed by atoms with Gasteiger partial charge in [-0.2, -0.15) is 4.98 Å². The van der Waals surface area contributed by atoms with Crippen molar-refractivity contribution in [1.82, 2.24) is 19.9 Å². The third kappa shape index (κ3) is 7.27. The minimum Gasteiger partial charge on any atom is -0.475 e. The zero-order chi connectivity index (χ0) is 35.1. The molecule has 6 rings (SSSR count). The van der Waals surface area contributed by atoms with Gasteiger partial charge in [-0.15, -0.1) is 0 Å². The number of amides is 3. The molecule has 0 bridgehead atoms. The highest BCUT2D eigenvalue weighted by Crippen LogP contribution is 2.48. The van der Waals surface area contributed by atoms with E-state index in [4.69, 9.17) is 9.47 Å². The Morgan fingerprint density at radius 1 is 1.16 bits per heavy atom. The van der Waals surface area contributed by atoms with Crippen LogP contribution in [0.5, 0.6) is 11.8 Å². The fourth-order valence-corrected chi connectivity index (χ4v) is 8.69. The normalized spacial score (nSPS) is 30.7. The zero-order valence-electron chi connectivity index (χ0n) is 28.6. The number of halogens is 1. The van der Waals surface area contributed by atoms with Crippen molar-refractivity contribution in [3.05, 3.63) is 42.5 Å². The highest BCUT2D eigenvalue weighted by Gasteiger charge is 2.64. The molecule has 1 unspecified atom stereocenters. The van der Waals surface area contributed by atoms with Crippen molar-refractivity contribution >= 4 is 38.5 Å². The maximum atomic E-state index is 14.2. The molecule has 3 heterocycles. The van der Waals surface area contributed by atoms with Crippen LogP contribution >= 0.6 is 0 Å². The molecule has 1 aromatic carbocycles. The first-order valence-corrected chi connectivity index (χ1v) is 18.9. The molecule has 49 heavy (non-hydrogen) atoms. The van der Waals surface area contributed by atoms with E-state index < -0.39 is 56.9 Å². The van der Waals surface area contributed by atoms with Crippen LogP contribution in [0.1, 0.15) is 79.1 Å². The van der Waals surface area contributed by atoms with Crippen LogP contribution in [-0.2, 0) is 24.4 Å². The Hall–Kier alpha value is -3.74. The molecule has 0 spiro atoms. The van der Waals surface area contributed by atoms with Crippen molar-refractivity contribution in [2.24, 2.45) is 17.8 Å². The fraction of sp³-hybridized carbons (Fsp3) is 0.611. The van der Waals surface area contributed by atoms with Crippen molar-refractivity contribution in [2.45, 2.75) is 108 Å². The van der Waals surface area contributed by atoms with E-state index in [1.807, 2.05) is 63.3 Å². The lowest BCUT2D eigenvalue weighted by Crippen LogP contribution is -2.57. The highest BCUT2D eigenvalue weighted by atomic mass is 32.2. The summed E-state index contributed by atoms with van der Waals surface area (Å²) in [5.74, 6) is -0.962. The van der Waals surface area contributed by atoms with Crippen molar-refractivity contribution in [2.75, 3.05) is 13.2 Å². The molecule has 2 N–H and O–H groups in total. The second kappa shape index (κ2) is 13.5. The van der Waals surface area contributed by atoms with E-state index in [0.717, 1.165) is 30.0 Å².